The Bertz CT molecular complexity index is 963. The topological polar surface area (TPSA) is 69.0 Å². The molecule has 0 bridgehead atoms. The molecular formula is C16H14N2O3S. The van der Waals surface area contributed by atoms with Gasteiger partial charge in [-0.1, -0.05) is 30.3 Å². The smallest absolute Gasteiger partial charge is 0.269 e. The van der Waals surface area contributed by atoms with E-state index >= 15 is 0 Å². The van der Waals surface area contributed by atoms with Crippen LogP contribution in [-0.2, 0) is 16.4 Å². The molecule has 6 heteroatoms. The number of benzene rings is 2. The summed E-state index contributed by atoms with van der Waals surface area (Å²) in [5, 5.41) is 0. The van der Waals surface area contributed by atoms with E-state index in [1.165, 1.54) is 10.8 Å². The first kappa shape index (κ1) is 14.5. The second-order valence-corrected chi connectivity index (χ2v) is 6.98. The first-order chi connectivity index (χ1) is 10.6. The van der Waals surface area contributed by atoms with Crippen molar-refractivity contribution in [1.82, 2.24) is 9.55 Å². The lowest BCUT2D eigenvalue weighted by atomic mass is 10.3. The van der Waals surface area contributed by atoms with Crippen LogP contribution in [0.25, 0.3) is 11.0 Å². The second-order valence-electron chi connectivity index (χ2n) is 4.87. The molecule has 0 saturated carbocycles. The van der Waals surface area contributed by atoms with Crippen LogP contribution in [0.5, 0.6) is 0 Å². The van der Waals surface area contributed by atoms with Gasteiger partial charge in [-0.05, 0) is 24.3 Å². The number of fused-ring (bicyclic) bond motifs is 1. The van der Waals surface area contributed by atoms with E-state index in [4.69, 9.17) is 0 Å². The van der Waals surface area contributed by atoms with Crippen molar-refractivity contribution in [2.24, 2.45) is 0 Å². The molecule has 0 saturated heterocycles. The number of rotatable bonds is 4. The molecular weight excluding hydrogens is 300 g/mol. The molecule has 0 amide bonds. The van der Waals surface area contributed by atoms with Crippen LogP contribution in [-0.4, -0.2) is 23.7 Å². The minimum atomic E-state index is -3.42. The zero-order chi connectivity index (χ0) is 15.6. The molecule has 3 rings (SSSR count). The van der Waals surface area contributed by atoms with Crippen LogP contribution in [0.2, 0.25) is 0 Å². The predicted molar refractivity (Wildman–Crippen MR) is 84.5 cm³/mol. The van der Waals surface area contributed by atoms with Crippen molar-refractivity contribution in [1.29, 1.82) is 0 Å². The summed E-state index contributed by atoms with van der Waals surface area (Å²) in [6.07, 6.45) is 1.22. The zero-order valence-electron chi connectivity index (χ0n) is 11.7. The molecule has 112 valence electrons. The normalized spacial score (nSPS) is 11.6. The van der Waals surface area contributed by atoms with E-state index in [1.54, 1.807) is 48.5 Å². The van der Waals surface area contributed by atoms with Crippen LogP contribution >= 0.6 is 0 Å². The van der Waals surface area contributed by atoms with Gasteiger partial charge in [-0.2, -0.15) is 0 Å². The number of nitrogens with zero attached hydrogens (tertiary/aromatic N) is 2. The molecule has 1 heterocycles. The quantitative estimate of drug-likeness (QED) is 0.737. The van der Waals surface area contributed by atoms with Crippen molar-refractivity contribution in [3.63, 3.8) is 0 Å². The fraction of sp³-hybridized carbons (Fsp3) is 0.125. The summed E-state index contributed by atoms with van der Waals surface area (Å²) >= 11 is 0. The highest BCUT2D eigenvalue weighted by molar-refractivity contribution is 7.91. The van der Waals surface area contributed by atoms with Gasteiger partial charge in [0.25, 0.3) is 5.56 Å². The standard InChI is InChI=1S/C16H14N2O3S/c19-16-12-17-14-8-4-5-9-15(14)18(16)10-11-22(20,21)13-6-2-1-3-7-13/h1-9,12H,10-11H2. The summed E-state index contributed by atoms with van der Waals surface area (Å²) in [4.78, 5) is 16.3. The number of para-hydroxylation sites is 2. The summed E-state index contributed by atoms with van der Waals surface area (Å²) in [5.41, 5.74) is 0.999. The van der Waals surface area contributed by atoms with E-state index in [-0.39, 0.29) is 22.8 Å². The third kappa shape index (κ3) is 2.78. The lowest BCUT2D eigenvalue weighted by Crippen LogP contribution is -2.24. The molecule has 0 aliphatic heterocycles. The molecule has 0 N–H and O–H groups in total. The third-order valence-corrected chi connectivity index (χ3v) is 5.15. The Labute approximate surface area is 127 Å². The average Bonchev–Trinajstić information content (AvgIpc) is 2.55. The van der Waals surface area contributed by atoms with Crippen molar-refractivity contribution < 1.29 is 8.42 Å². The summed E-state index contributed by atoms with van der Waals surface area (Å²) < 4.78 is 26.1. The molecule has 0 aliphatic carbocycles. The van der Waals surface area contributed by atoms with Gasteiger partial charge in [-0.25, -0.2) is 13.4 Å². The van der Waals surface area contributed by atoms with Crippen molar-refractivity contribution in [3.8, 4) is 0 Å². The van der Waals surface area contributed by atoms with Crippen LogP contribution in [0.4, 0.5) is 0 Å². The Hall–Kier alpha value is -2.47. The SMILES string of the molecule is O=c1cnc2ccccc2n1CCS(=O)(=O)c1ccccc1. The average molecular weight is 314 g/mol. The van der Waals surface area contributed by atoms with Gasteiger partial charge in [0.2, 0.25) is 0 Å². The number of aryl methyl sites for hydroxylation is 1. The number of sulfone groups is 1. The van der Waals surface area contributed by atoms with Crippen LogP contribution in [0.15, 0.2) is 70.5 Å². The Kier molecular flexibility index (Phi) is 3.77. The Morgan fingerprint density at radius 2 is 1.64 bits per heavy atom. The maximum absolute atomic E-state index is 12.3. The molecule has 22 heavy (non-hydrogen) atoms. The monoisotopic (exact) mass is 314 g/mol. The van der Waals surface area contributed by atoms with Gasteiger partial charge in [0.1, 0.15) is 0 Å². The minimum Gasteiger partial charge on any atom is -0.304 e. The van der Waals surface area contributed by atoms with Crippen molar-refractivity contribution in [3.05, 3.63) is 71.1 Å². The van der Waals surface area contributed by atoms with Crippen LogP contribution in [0, 0.1) is 0 Å². The van der Waals surface area contributed by atoms with Crippen molar-refractivity contribution >= 4 is 20.9 Å². The molecule has 5 nitrogen and oxygen atoms in total. The fourth-order valence-corrected chi connectivity index (χ4v) is 3.53. The minimum absolute atomic E-state index is 0.0963. The highest BCUT2D eigenvalue weighted by Gasteiger charge is 2.15. The van der Waals surface area contributed by atoms with E-state index in [2.05, 4.69) is 4.98 Å². The van der Waals surface area contributed by atoms with E-state index in [0.29, 0.717) is 11.0 Å². The van der Waals surface area contributed by atoms with Gasteiger partial charge in [-0.15, -0.1) is 0 Å². The van der Waals surface area contributed by atoms with Crippen LogP contribution < -0.4 is 5.56 Å². The molecule has 0 unspecified atom stereocenters. The predicted octanol–water partition coefficient (Wildman–Crippen LogP) is 1.87. The fourth-order valence-electron chi connectivity index (χ4n) is 2.30. The van der Waals surface area contributed by atoms with Gasteiger partial charge in [0.05, 0.1) is 27.9 Å². The summed E-state index contributed by atoms with van der Waals surface area (Å²) in [6, 6.07) is 15.4. The maximum atomic E-state index is 12.3. The van der Waals surface area contributed by atoms with Gasteiger partial charge in [0, 0.05) is 6.54 Å². The summed E-state index contributed by atoms with van der Waals surface area (Å²) in [5.74, 6) is -0.134. The molecule has 0 spiro atoms. The Balaban J connectivity index is 1.95. The lowest BCUT2D eigenvalue weighted by Gasteiger charge is -2.10. The molecule has 0 atom stereocenters. The van der Waals surface area contributed by atoms with E-state index < -0.39 is 9.84 Å². The van der Waals surface area contributed by atoms with Crippen LogP contribution in [0.1, 0.15) is 0 Å². The van der Waals surface area contributed by atoms with Gasteiger partial charge < -0.3 is 4.57 Å². The largest absolute Gasteiger partial charge is 0.304 e. The first-order valence-corrected chi connectivity index (χ1v) is 8.45. The van der Waals surface area contributed by atoms with Gasteiger partial charge in [0.15, 0.2) is 9.84 Å². The molecule has 1 aromatic heterocycles. The highest BCUT2D eigenvalue weighted by atomic mass is 32.2. The van der Waals surface area contributed by atoms with E-state index in [0.717, 1.165) is 0 Å². The van der Waals surface area contributed by atoms with Gasteiger partial charge >= 0.3 is 0 Å². The van der Waals surface area contributed by atoms with Gasteiger partial charge in [-0.3, -0.25) is 4.79 Å². The summed E-state index contributed by atoms with van der Waals surface area (Å²) in [7, 11) is -3.42. The first-order valence-electron chi connectivity index (χ1n) is 6.80. The molecule has 0 fully saturated rings. The van der Waals surface area contributed by atoms with Crippen molar-refractivity contribution in [2.45, 2.75) is 11.4 Å². The Morgan fingerprint density at radius 3 is 2.41 bits per heavy atom. The molecule has 0 radical (unpaired) electrons. The van der Waals surface area contributed by atoms with E-state index in [9.17, 15) is 13.2 Å². The number of hydrogen-bond donors (Lipinski definition) is 0. The molecule has 0 aliphatic rings. The lowest BCUT2D eigenvalue weighted by molar-refractivity contribution is 0.588. The zero-order valence-corrected chi connectivity index (χ0v) is 12.5. The van der Waals surface area contributed by atoms with Crippen molar-refractivity contribution in [2.75, 3.05) is 5.75 Å². The maximum Gasteiger partial charge on any atom is 0.269 e. The third-order valence-electron chi connectivity index (χ3n) is 3.44. The molecule has 2 aromatic carbocycles. The second kappa shape index (κ2) is 5.73. The van der Waals surface area contributed by atoms with E-state index in [1.807, 2.05) is 6.07 Å². The Morgan fingerprint density at radius 1 is 0.955 bits per heavy atom. The molecule has 3 aromatic rings. The summed E-state index contributed by atoms with van der Waals surface area (Å²) in [6.45, 7) is 0.0963. The number of hydrogen-bond acceptors (Lipinski definition) is 4. The van der Waals surface area contributed by atoms with Crippen LogP contribution in [0.3, 0.4) is 0 Å². The highest BCUT2D eigenvalue weighted by Crippen LogP contribution is 2.12. The number of aromatic nitrogens is 2.